The maximum Gasteiger partial charge on any atom is 0.306 e. The van der Waals surface area contributed by atoms with Crippen molar-refractivity contribution in [2.45, 2.75) is 103 Å². The Hall–Kier alpha value is -1.45. The first-order chi connectivity index (χ1) is 14.3. The van der Waals surface area contributed by atoms with Gasteiger partial charge in [-0.05, 0) is 88.0 Å². The summed E-state index contributed by atoms with van der Waals surface area (Å²) >= 11 is 0. The Labute approximate surface area is 181 Å². The van der Waals surface area contributed by atoms with Crippen LogP contribution in [0, 0.1) is 29.1 Å². The Morgan fingerprint density at radius 3 is 2.60 bits per heavy atom. The molecule has 6 atom stereocenters. The second kappa shape index (κ2) is 8.24. The number of ether oxygens (including phenoxy) is 1. The summed E-state index contributed by atoms with van der Waals surface area (Å²) in [5.41, 5.74) is 0.186. The van der Waals surface area contributed by atoms with E-state index in [1.54, 1.807) is 6.92 Å². The van der Waals surface area contributed by atoms with Crippen molar-refractivity contribution in [2.24, 2.45) is 29.1 Å². The first kappa shape index (κ1) is 21.8. The quantitative estimate of drug-likeness (QED) is 0.420. The molecule has 0 aromatic carbocycles. The van der Waals surface area contributed by atoms with Crippen LogP contribution in [-0.4, -0.2) is 23.1 Å². The normalized spacial score (nSPS) is 40.1. The van der Waals surface area contributed by atoms with Crippen molar-refractivity contribution in [1.29, 1.82) is 0 Å². The molecule has 0 heterocycles. The summed E-state index contributed by atoms with van der Waals surface area (Å²) in [6.07, 6.45) is 12.8. The van der Waals surface area contributed by atoms with Gasteiger partial charge in [0, 0.05) is 18.3 Å². The SMILES string of the molecule is CCCCCC(=O)O[C@]1(C(C)=O)CC[C@@H]2[C@@H]3CCC4=CC(=O)CC[C@@H]4[C@@H]3CC[C@@]21C. The lowest BCUT2D eigenvalue weighted by Crippen LogP contribution is -2.57. The molecule has 0 N–H and O–H groups in total. The maximum absolute atomic E-state index is 13.0. The standard InChI is InChI=1S/C26H38O4/c1-4-5-6-7-24(29)30-26(17(2)27)15-13-23-22-10-8-18-16-19(28)9-11-20(18)21(22)12-14-25(23,26)3/h16,20-23H,4-15H2,1-3H3/t20-,21-,22+,23+,25-,26-/m0/s1. The molecule has 4 aliphatic rings. The molecule has 0 radical (unpaired) electrons. The molecule has 30 heavy (non-hydrogen) atoms. The third kappa shape index (κ3) is 3.39. The van der Waals surface area contributed by atoms with E-state index in [4.69, 9.17) is 4.74 Å². The number of fused-ring (bicyclic) bond motifs is 5. The Bertz CT molecular complexity index is 752. The van der Waals surface area contributed by atoms with Crippen molar-refractivity contribution in [3.05, 3.63) is 11.6 Å². The fraction of sp³-hybridized carbons (Fsp3) is 0.808. The van der Waals surface area contributed by atoms with Crippen molar-refractivity contribution in [3.8, 4) is 0 Å². The number of Topliss-reactive ketones (excluding diaryl/α,β-unsaturated/α-hetero) is 1. The van der Waals surface area contributed by atoms with E-state index in [-0.39, 0.29) is 17.2 Å². The Balaban J connectivity index is 1.56. The van der Waals surface area contributed by atoms with Crippen LogP contribution in [0.15, 0.2) is 11.6 Å². The van der Waals surface area contributed by atoms with E-state index in [1.807, 2.05) is 6.08 Å². The summed E-state index contributed by atoms with van der Waals surface area (Å²) in [4.78, 5) is 37.6. The number of ketones is 2. The Morgan fingerprint density at radius 2 is 1.87 bits per heavy atom. The Morgan fingerprint density at radius 1 is 1.07 bits per heavy atom. The molecule has 4 nitrogen and oxygen atoms in total. The second-order valence-electron chi connectivity index (χ2n) is 10.6. The monoisotopic (exact) mass is 414 g/mol. The number of hydrogen-bond donors (Lipinski definition) is 0. The molecule has 3 fully saturated rings. The van der Waals surface area contributed by atoms with Gasteiger partial charge in [-0.1, -0.05) is 32.3 Å². The lowest BCUT2D eigenvalue weighted by atomic mass is 9.50. The van der Waals surface area contributed by atoms with E-state index in [9.17, 15) is 14.4 Å². The Kier molecular flexibility index (Phi) is 5.98. The maximum atomic E-state index is 13.0. The van der Waals surface area contributed by atoms with Gasteiger partial charge in [-0.25, -0.2) is 0 Å². The minimum Gasteiger partial charge on any atom is -0.450 e. The van der Waals surface area contributed by atoms with Gasteiger partial charge in [-0.3, -0.25) is 14.4 Å². The van der Waals surface area contributed by atoms with Crippen molar-refractivity contribution in [2.75, 3.05) is 0 Å². The molecule has 3 saturated carbocycles. The summed E-state index contributed by atoms with van der Waals surface area (Å²) in [5, 5.41) is 0. The summed E-state index contributed by atoms with van der Waals surface area (Å²) in [7, 11) is 0. The predicted octanol–water partition coefficient (Wildman–Crippen LogP) is 5.58. The van der Waals surface area contributed by atoms with E-state index >= 15 is 0 Å². The number of unbranched alkanes of at least 4 members (excludes halogenated alkanes) is 2. The molecule has 0 aromatic heterocycles. The minimum atomic E-state index is -0.940. The molecule has 0 saturated heterocycles. The fourth-order valence-electron chi connectivity index (χ4n) is 7.76. The third-order valence-corrected chi connectivity index (χ3v) is 9.26. The number of allylic oxidation sites excluding steroid dienone is 1. The van der Waals surface area contributed by atoms with Crippen LogP contribution in [0.3, 0.4) is 0 Å². The summed E-state index contributed by atoms with van der Waals surface area (Å²) < 4.78 is 6.14. The van der Waals surface area contributed by atoms with Crippen LogP contribution in [0.5, 0.6) is 0 Å². The molecular formula is C26H38O4. The molecular weight excluding hydrogens is 376 g/mol. The van der Waals surface area contributed by atoms with Crippen molar-refractivity contribution >= 4 is 17.5 Å². The van der Waals surface area contributed by atoms with Crippen LogP contribution in [0.2, 0.25) is 0 Å². The molecule has 0 aromatic rings. The highest BCUT2D eigenvalue weighted by Gasteiger charge is 2.66. The zero-order valence-corrected chi connectivity index (χ0v) is 19.0. The van der Waals surface area contributed by atoms with E-state index in [0.717, 1.165) is 57.8 Å². The van der Waals surface area contributed by atoms with Crippen LogP contribution < -0.4 is 0 Å². The first-order valence-corrected chi connectivity index (χ1v) is 12.3. The number of carbonyl (C=O) groups excluding carboxylic acids is 3. The number of esters is 1. The van der Waals surface area contributed by atoms with Crippen LogP contribution in [0.4, 0.5) is 0 Å². The van der Waals surface area contributed by atoms with E-state index in [0.29, 0.717) is 48.7 Å². The molecule has 0 aliphatic heterocycles. The fourth-order valence-corrected chi connectivity index (χ4v) is 7.76. The van der Waals surface area contributed by atoms with Gasteiger partial charge in [0.15, 0.2) is 17.2 Å². The summed E-state index contributed by atoms with van der Waals surface area (Å²) in [5.74, 6) is 2.33. The highest BCUT2D eigenvalue weighted by atomic mass is 16.6. The van der Waals surface area contributed by atoms with Gasteiger partial charge in [-0.15, -0.1) is 0 Å². The van der Waals surface area contributed by atoms with Gasteiger partial charge in [0.1, 0.15) is 0 Å². The molecule has 4 heteroatoms. The van der Waals surface area contributed by atoms with Crippen LogP contribution in [0.25, 0.3) is 0 Å². The van der Waals surface area contributed by atoms with Crippen LogP contribution in [-0.2, 0) is 19.1 Å². The van der Waals surface area contributed by atoms with Gasteiger partial charge < -0.3 is 4.74 Å². The van der Waals surface area contributed by atoms with Gasteiger partial charge in [-0.2, -0.15) is 0 Å². The average molecular weight is 415 g/mol. The first-order valence-electron chi connectivity index (χ1n) is 12.3. The largest absolute Gasteiger partial charge is 0.450 e. The second-order valence-corrected chi connectivity index (χ2v) is 10.6. The molecule has 4 rings (SSSR count). The predicted molar refractivity (Wildman–Crippen MR) is 116 cm³/mol. The summed E-state index contributed by atoms with van der Waals surface area (Å²) in [6.45, 7) is 5.99. The topological polar surface area (TPSA) is 60.4 Å². The van der Waals surface area contributed by atoms with Crippen molar-refractivity contribution < 1.29 is 19.1 Å². The van der Waals surface area contributed by atoms with Gasteiger partial charge >= 0.3 is 5.97 Å². The number of carbonyl (C=O) groups is 3. The smallest absolute Gasteiger partial charge is 0.306 e. The number of hydrogen-bond acceptors (Lipinski definition) is 4. The van der Waals surface area contributed by atoms with Gasteiger partial charge in [0.05, 0.1) is 0 Å². The van der Waals surface area contributed by atoms with Crippen LogP contribution >= 0.6 is 0 Å². The molecule has 0 amide bonds. The van der Waals surface area contributed by atoms with Gasteiger partial charge in [0.2, 0.25) is 0 Å². The zero-order valence-electron chi connectivity index (χ0n) is 19.0. The average Bonchev–Trinajstić information content (AvgIpc) is 3.01. The zero-order chi connectivity index (χ0) is 21.5. The molecule has 0 spiro atoms. The van der Waals surface area contributed by atoms with E-state index in [1.165, 1.54) is 5.57 Å². The number of rotatable bonds is 6. The van der Waals surface area contributed by atoms with Crippen molar-refractivity contribution in [1.82, 2.24) is 0 Å². The lowest BCUT2D eigenvalue weighted by molar-refractivity contribution is -0.187. The molecule has 4 aliphatic carbocycles. The van der Waals surface area contributed by atoms with Gasteiger partial charge in [0.25, 0.3) is 0 Å². The third-order valence-electron chi connectivity index (χ3n) is 9.26. The van der Waals surface area contributed by atoms with Crippen LogP contribution in [0.1, 0.15) is 97.8 Å². The lowest BCUT2D eigenvalue weighted by Gasteiger charge is -2.55. The summed E-state index contributed by atoms with van der Waals surface area (Å²) in [6, 6.07) is 0. The highest BCUT2D eigenvalue weighted by Crippen LogP contribution is 2.66. The minimum absolute atomic E-state index is 0.0365. The highest BCUT2D eigenvalue weighted by molar-refractivity contribution is 5.91. The molecule has 0 unspecified atom stereocenters. The van der Waals surface area contributed by atoms with E-state index in [2.05, 4.69) is 13.8 Å². The van der Waals surface area contributed by atoms with E-state index < -0.39 is 5.60 Å². The molecule has 0 bridgehead atoms. The van der Waals surface area contributed by atoms with Crippen molar-refractivity contribution in [3.63, 3.8) is 0 Å². The molecule has 166 valence electrons.